The van der Waals surface area contributed by atoms with Crippen LogP contribution in [0, 0.1) is 17.9 Å². The smallest absolute Gasteiger partial charge is 0.265 e. The molecule has 2 fully saturated rings. The van der Waals surface area contributed by atoms with E-state index < -0.39 is 25.9 Å². The molecule has 0 bridgehead atoms. The molecule has 0 aromatic rings. The van der Waals surface area contributed by atoms with Crippen molar-refractivity contribution in [1.82, 2.24) is 0 Å². The Labute approximate surface area is 188 Å². The molecule has 2 aliphatic rings. The van der Waals surface area contributed by atoms with E-state index in [4.69, 9.17) is 23.3 Å². The number of hydrogen-bond donors (Lipinski definition) is 1. The van der Waals surface area contributed by atoms with Gasteiger partial charge in [0.1, 0.15) is 0 Å². The van der Waals surface area contributed by atoms with Crippen LogP contribution >= 0.6 is 7.82 Å². The van der Waals surface area contributed by atoms with E-state index in [0.29, 0.717) is 18.9 Å². The van der Waals surface area contributed by atoms with Crippen LogP contribution in [-0.2, 0) is 48.9 Å². The third-order valence-corrected chi connectivity index (χ3v) is 6.02. The SMILES string of the molecule is CC(C)OC[C@@H]1C(OP(=O)([O-])OC[C-]2O[C@@H](C)CC2OC(C)C)C[C@H](C)C1O.[W]. The number of aliphatic hydroxyl groups is 1. The summed E-state index contributed by atoms with van der Waals surface area (Å²) in [5.41, 5.74) is 0. The van der Waals surface area contributed by atoms with Crippen LogP contribution in [0.1, 0.15) is 54.4 Å². The first kappa shape index (κ1) is 27.7. The molecule has 0 amide bonds. The molecule has 7 atom stereocenters. The number of rotatable bonds is 10. The summed E-state index contributed by atoms with van der Waals surface area (Å²) >= 11 is 0. The van der Waals surface area contributed by atoms with Gasteiger partial charge in [0.05, 0.1) is 24.9 Å². The predicted octanol–water partition coefficient (Wildman–Crippen LogP) is 2.43. The molecule has 29 heavy (non-hydrogen) atoms. The summed E-state index contributed by atoms with van der Waals surface area (Å²) in [6.07, 6.45) is -0.200. The van der Waals surface area contributed by atoms with Gasteiger partial charge in [0.2, 0.25) is 0 Å². The van der Waals surface area contributed by atoms with E-state index in [1.165, 1.54) is 0 Å². The second kappa shape index (κ2) is 12.0. The molecule has 172 valence electrons. The van der Waals surface area contributed by atoms with Gasteiger partial charge in [-0.3, -0.25) is 4.57 Å². The molecule has 2 rings (SSSR count). The topological polar surface area (TPSA) is 107 Å². The molecule has 0 radical (unpaired) electrons. The number of hydrogen-bond acceptors (Lipinski definition) is 8. The summed E-state index contributed by atoms with van der Waals surface area (Å²) in [4.78, 5) is 12.4. The van der Waals surface area contributed by atoms with Crippen LogP contribution in [0.3, 0.4) is 0 Å². The molecule has 0 aromatic carbocycles. The molecule has 1 saturated heterocycles. The Bertz CT molecular complexity index is 534. The first-order valence-corrected chi connectivity index (χ1v) is 11.6. The summed E-state index contributed by atoms with van der Waals surface area (Å²) in [7, 11) is -4.59. The summed E-state index contributed by atoms with van der Waals surface area (Å²) in [6.45, 7) is 11.4. The molecule has 4 unspecified atom stereocenters. The maximum atomic E-state index is 12.4. The fourth-order valence-corrected chi connectivity index (χ4v) is 4.61. The van der Waals surface area contributed by atoms with E-state index in [2.05, 4.69) is 0 Å². The van der Waals surface area contributed by atoms with Crippen molar-refractivity contribution in [3.63, 3.8) is 0 Å². The Morgan fingerprint density at radius 1 is 1.21 bits per heavy atom. The molecule has 1 aliphatic carbocycles. The number of phosphoric ester groups is 1. The van der Waals surface area contributed by atoms with Crippen molar-refractivity contribution in [3.05, 3.63) is 6.10 Å². The van der Waals surface area contributed by atoms with E-state index in [-0.39, 0.29) is 64.6 Å². The standard InChI is InChI=1S/C19H36O8P.W/c1-11(2)23-9-15-16(7-13(5)19(15)20)27-28(21,22)24-10-18-17(25-12(3)4)8-14(6)26-18;/h11-17,19-20H,7-10H2,1-6H3,(H,21,22);/q-1;/p-1/t13-,14-,15+,16?,17?,19?;/m0./s1. The van der Waals surface area contributed by atoms with E-state index in [9.17, 15) is 14.6 Å². The first-order chi connectivity index (χ1) is 13.0. The minimum absolute atomic E-state index is 0. The first-order valence-electron chi connectivity index (χ1n) is 10.1. The van der Waals surface area contributed by atoms with Gasteiger partial charge in [-0.25, -0.2) is 0 Å². The normalized spacial score (nSPS) is 35.2. The Morgan fingerprint density at radius 3 is 2.45 bits per heavy atom. The molecule has 1 heterocycles. The van der Waals surface area contributed by atoms with Crippen molar-refractivity contribution < 1.29 is 58.9 Å². The Morgan fingerprint density at radius 2 is 1.86 bits per heavy atom. The van der Waals surface area contributed by atoms with Crippen molar-refractivity contribution in [2.24, 2.45) is 11.8 Å². The molecule has 0 aromatic heterocycles. The zero-order valence-electron chi connectivity index (χ0n) is 18.1. The second-order valence-electron chi connectivity index (χ2n) is 8.42. The zero-order chi connectivity index (χ0) is 21.1. The fraction of sp³-hybridized carbons (Fsp3) is 0.947. The van der Waals surface area contributed by atoms with Crippen LogP contribution in [0.25, 0.3) is 0 Å². The van der Waals surface area contributed by atoms with Crippen LogP contribution in [-0.4, -0.2) is 54.9 Å². The van der Waals surface area contributed by atoms with Gasteiger partial charge in [-0.15, -0.1) is 6.10 Å². The minimum atomic E-state index is -4.59. The van der Waals surface area contributed by atoms with Gasteiger partial charge in [0, 0.05) is 39.2 Å². The Hall–Kier alpha value is 0.638. The number of phosphoric acid groups is 1. The van der Waals surface area contributed by atoms with E-state index in [1.54, 1.807) is 0 Å². The Balaban J connectivity index is 0.00000420. The van der Waals surface area contributed by atoms with Gasteiger partial charge in [-0.05, 0) is 66.1 Å². The van der Waals surface area contributed by atoms with Crippen molar-refractivity contribution in [2.75, 3.05) is 13.2 Å². The molecule has 1 aliphatic heterocycles. The fourth-order valence-electron chi connectivity index (χ4n) is 3.69. The van der Waals surface area contributed by atoms with E-state index >= 15 is 0 Å². The van der Waals surface area contributed by atoms with Crippen molar-refractivity contribution >= 4 is 7.82 Å². The van der Waals surface area contributed by atoms with E-state index in [1.807, 2.05) is 41.5 Å². The quantitative estimate of drug-likeness (QED) is 0.299. The summed E-state index contributed by atoms with van der Waals surface area (Å²) in [5.74, 6) is -0.501. The van der Waals surface area contributed by atoms with Crippen molar-refractivity contribution in [2.45, 2.75) is 91.0 Å². The van der Waals surface area contributed by atoms with Crippen LogP contribution < -0.4 is 4.89 Å². The van der Waals surface area contributed by atoms with Gasteiger partial charge >= 0.3 is 0 Å². The largest absolute Gasteiger partial charge is 0.756 e. The van der Waals surface area contributed by atoms with Gasteiger partial charge in [-0.1, -0.05) is 6.92 Å². The molecule has 8 nitrogen and oxygen atoms in total. The molecule has 1 N–H and O–H groups in total. The van der Waals surface area contributed by atoms with Gasteiger partial charge in [-0.2, -0.15) is 0 Å². The number of aliphatic hydroxyl groups excluding tert-OH is 1. The molecular weight excluding hydrogens is 571 g/mol. The second-order valence-corrected chi connectivity index (χ2v) is 9.78. The summed E-state index contributed by atoms with van der Waals surface area (Å²) in [6, 6.07) is 0. The average molecular weight is 606 g/mol. The third-order valence-electron chi connectivity index (χ3n) is 5.05. The maximum absolute atomic E-state index is 12.4. The predicted molar refractivity (Wildman–Crippen MR) is 101 cm³/mol. The molecular formula is C19H35O8PW-2. The van der Waals surface area contributed by atoms with Crippen LogP contribution in [0.15, 0.2) is 0 Å². The third kappa shape index (κ3) is 8.59. The Kier molecular flexibility index (Phi) is 11.5. The molecule has 0 spiro atoms. The van der Waals surface area contributed by atoms with E-state index in [0.717, 1.165) is 0 Å². The van der Waals surface area contributed by atoms with Gasteiger partial charge < -0.3 is 33.3 Å². The van der Waals surface area contributed by atoms with Crippen LogP contribution in [0.5, 0.6) is 0 Å². The monoisotopic (exact) mass is 606 g/mol. The van der Waals surface area contributed by atoms with Gasteiger partial charge in [0.15, 0.2) is 0 Å². The van der Waals surface area contributed by atoms with Crippen LogP contribution in [0.2, 0.25) is 0 Å². The number of ether oxygens (including phenoxy) is 3. The maximum Gasteiger partial charge on any atom is 0.265 e. The van der Waals surface area contributed by atoms with Crippen molar-refractivity contribution in [3.8, 4) is 0 Å². The molecule has 1 saturated carbocycles. The summed E-state index contributed by atoms with van der Waals surface area (Å²) in [5, 5.41) is 10.4. The average Bonchev–Trinajstić information content (AvgIpc) is 3.02. The minimum Gasteiger partial charge on any atom is -0.756 e. The zero-order valence-corrected chi connectivity index (χ0v) is 21.9. The summed E-state index contributed by atoms with van der Waals surface area (Å²) < 4.78 is 39.8. The van der Waals surface area contributed by atoms with Crippen molar-refractivity contribution in [1.29, 1.82) is 0 Å². The van der Waals surface area contributed by atoms with Crippen LogP contribution in [0.4, 0.5) is 0 Å². The molecule has 10 heteroatoms. The van der Waals surface area contributed by atoms with Gasteiger partial charge in [0.25, 0.3) is 7.82 Å².